The molecule has 1 aliphatic rings. The van der Waals surface area contributed by atoms with Gasteiger partial charge in [0, 0.05) is 17.1 Å². The molecule has 2 heteroatoms. The molecule has 0 unspecified atom stereocenters. The van der Waals surface area contributed by atoms with E-state index in [9.17, 15) is 5.11 Å². The molecule has 0 spiro atoms. The van der Waals surface area contributed by atoms with Gasteiger partial charge in [0.2, 0.25) is 0 Å². The van der Waals surface area contributed by atoms with E-state index in [1.54, 1.807) is 0 Å². The first kappa shape index (κ1) is 11.8. The summed E-state index contributed by atoms with van der Waals surface area (Å²) < 4.78 is 0. The lowest BCUT2D eigenvalue weighted by Gasteiger charge is -2.36. The van der Waals surface area contributed by atoms with E-state index in [0.29, 0.717) is 0 Å². The zero-order chi connectivity index (χ0) is 12.6. The average molecular weight is 243 g/mol. The maximum absolute atomic E-state index is 11.0. The molecule has 1 aliphatic carbocycles. The summed E-state index contributed by atoms with van der Waals surface area (Å²) in [5.41, 5.74) is 1.61. The lowest BCUT2D eigenvalue weighted by Crippen LogP contribution is -2.31. The van der Waals surface area contributed by atoms with Gasteiger partial charge in [-0.2, -0.15) is 0 Å². The number of aromatic amines is 1. The molecule has 0 amide bonds. The molecule has 2 N–H and O–H groups in total. The van der Waals surface area contributed by atoms with Crippen LogP contribution in [-0.2, 0) is 5.60 Å². The van der Waals surface area contributed by atoms with Crippen molar-refractivity contribution in [3.05, 3.63) is 36.0 Å². The Hall–Kier alpha value is -1.28. The molecule has 1 heterocycles. The van der Waals surface area contributed by atoms with Crippen molar-refractivity contribution in [1.29, 1.82) is 0 Å². The Labute approximate surface area is 108 Å². The zero-order valence-electron chi connectivity index (χ0n) is 10.9. The predicted molar refractivity (Wildman–Crippen MR) is 74.4 cm³/mol. The van der Waals surface area contributed by atoms with Gasteiger partial charge in [0.15, 0.2) is 0 Å². The highest BCUT2D eigenvalue weighted by molar-refractivity contribution is 5.83. The largest absolute Gasteiger partial charge is 0.385 e. The third kappa shape index (κ3) is 1.85. The summed E-state index contributed by atoms with van der Waals surface area (Å²) in [5, 5.41) is 12.1. The van der Waals surface area contributed by atoms with Crippen LogP contribution in [0.15, 0.2) is 30.5 Å². The van der Waals surface area contributed by atoms with Gasteiger partial charge in [-0.15, -0.1) is 0 Å². The molecule has 1 saturated carbocycles. The highest BCUT2D eigenvalue weighted by Gasteiger charge is 2.35. The number of fused-ring (bicyclic) bond motifs is 1. The Bertz CT molecular complexity index is 535. The molecular formula is C16H21NO. The Morgan fingerprint density at radius 1 is 1.28 bits per heavy atom. The van der Waals surface area contributed by atoms with E-state index in [4.69, 9.17) is 0 Å². The first-order chi connectivity index (χ1) is 8.73. The Morgan fingerprint density at radius 2 is 2.06 bits per heavy atom. The molecule has 0 saturated heterocycles. The first-order valence-electron chi connectivity index (χ1n) is 7.02. The SMILES string of the molecule is CCC1CCC(O)(c2cccc3[nH]ccc23)CC1. The molecule has 0 radical (unpaired) electrons. The van der Waals surface area contributed by atoms with Gasteiger partial charge < -0.3 is 10.1 Å². The Kier molecular flexibility index (Phi) is 2.90. The van der Waals surface area contributed by atoms with Crippen molar-refractivity contribution >= 4 is 10.9 Å². The number of hydrogen-bond donors (Lipinski definition) is 2. The van der Waals surface area contributed by atoms with Gasteiger partial charge in [-0.25, -0.2) is 0 Å². The van der Waals surface area contributed by atoms with Gasteiger partial charge in [-0.05, 0) is 49.3 Å². The van der Waals surface area contributed by atoms with E-state index in [2.05, 4.69) is 30.1 Å². The summed E-state index contributed by atoms with van der Waals surface area (Å²) in [6, 6.07) is 8.27. The summed E-state index contributed by atoms with van der Waals surface area (Å²) >= 11 is 0. The Morgan fingerprint density at radius 3 is 2.78 bits per heavy atom. The molecule has 1 aromatic carbocycles. The van der Waals surface area contributed by atoms with Gasteiger partial charge >= 0.3 is 0 Å². The van der Waals surface area contributed by atoms with Crippen LogP contribution in [0.3, 0.4) is 0 Å². The fourth-order valence-electron chi connectivity index (χ4n) is 3.32. The van der Waals surface area contributed by atoms with E-state index in [-0.39, 0.29) is 0 Å². The zero-order valence-corrected chi connectivity index (χ0v) is 10.9. The average Bonchev–Trinajstić information content (AvgIpc) is 2.87. The predicted octanol–water partition coefficient (Wildman–Crippen LogP) is 3.96. The van der Waals surface area contributed by atoms with Gasteiger partial charge in [-0.1, -0.05) is 25.5 Å². The second-order valence-electron chi connectivity index (χ2n) is 5.63. The number of benzene rings is 1. The standard InChI is InChI=1S/C16H21NO/c1-2-12-6-9-16(18,10-7-12)14-4-3-5-15-13(14)8-11-17-15/h3-5,8,11-12,17-18H,2,6-7,9-10H2,1H3. The van der Waals surface area contributed by atoms with Crippen LogP contribution >= 0.6 is 0 Å². The quantitative estimate of drug-likeness (QED) is 0.823. The van der Waals surface area contributed by atoms with E-state index in [1.807, 2.05) is 12.3 Å². The van der Waals surface area contributed by atoms with Crippen LogP contribution in [0.25, 0.3) is 10.9 Å². The second kappa shape index (κ2) is 4.43. The molecule has 2 nitrogen and oxygen atoms in total. The van der Waals surface area contributed by atoms with Crippen molar-refractivity contribution in [3.8, 4) is 0 Å². The summed E-state index contributed by atoms with van der Waals surface area (Å²) in [7, 11) is 0. The maximum Gasteiger partial charge on any atom is 0.0903 e. The number of aromatic nitrogens is 1. The van der Waals surface area contributed by atoms with E-state index in [1.165, 1.54) is 11.8 Å². The lowest BCUT2D eigenvalue weighted by atomic mass is 9.74. The summed E-state index contributed by atoms with van der Waals surface area (Å²) in [6.07, 6.45) is 7.28. The van der Waals surface area contributed by atoms with Crippen LogP contribution in [-0.4, -0.2) is 10.1 Å². The number of H-pyrrole nitrogens is 1. The van der Waals surface area contributed by atoms with Crippen molar-refractivity contribution in [2.75, 3.05) is 0 Å². The van der Waals surface area contributed by atoms with E-state index in [0.717, 1.165) is 42.7 Å². The minimum absolute atomic E-state index is 0.618. The monoisotopic (exact) mass is 243 g/mol. The minimum atomic E-state index is -0.618. The Balaban J connectivity index is 1.96. The van der Waals surface area contributed by atoms with Crippen molar-refractivity contribution in [2.24, 2.45) is 5.92 Å². The number of hydrogen-bond acceptors (Lipinski definition) is 1. The smallest absolute Gasteiger partial charge is 0.0903 e. The fourth-order valence-corrected chi connectivity index (χ4v) is 3.32. The lowest BCUT2D eigenvalue weighted by molar-refractivity contribution is -0.0132. The van der Waals surface area contributed by atoms with Gasteiger partial charge in [-0.3, -0.25) is 0 Å². The first-order valence-corrected chi connectivity index (χ1v) is 7.02. The van der Waals surface area contributed by atoms with Crippen LogP contribution in [0.2, 0.25) is 0 Å². The summed E-state index contributed by atoms with van der Waals surface area (Å²) in [5.74, 6) is 0.802. The summed E-state index contributed by atoms with van der Waals surface area (Å²) in [4.78, 5) is 3.23. The third-order valence-electron chi connectivity index (χ3n) is 4.61. The molecule has 1 fully saturated rings. The minimum Gasteiger partial charge on any atom is -0.385 e. The van der Waals surface area contributed by atoms with Gasteiger partial charge in [0.05, 0.1) is 5.60 Å². The van der Waals surface area contributed by atoms with E-state index >= 15 is 0 Å². The molecule has 18 heavy (non-hydrogen) atoms. The molecule has 2 aromatic rings. The number of aliphatic hydroxyl groups is 1. The molecule has 3 rings (SSSR count). The molecule has 0 aliphatic heterocycles. The second-order valence-corrected chi connectivity index (χ2v) is 5.63. The van der Waals surface area contributed by atoms with Crippen LogP contribution in [0.4, 0.5) is 0 Å². The number of nitrogens with one attached hydrogen (secondary N) is 1. The highest BCUT2D eigenvalue weighted by atomic mass is 16.3. The van der Waals surface area contributed by atoms with Crippen LogP contribution in [0, 0.1) is 5.92 Å². The molecular weight excluding hydrogens is 222 g/mol. The third-order valence-corrected chi connectivity index (χ3v) is 4.61. The maximum atomic E-state index is 11.0. The van der Waals surface area contributed by atoms with Gasteiger partial charge in [0.25, 0.3) is 0 Å². The van der Waals surface area contributed by atoms with Crippen molar-refractivity contribution < 1.29 is 5.11 Å². The number of rotatable bonds is 2. The van der Waals surface area contributed by atoms with E-state index < -0.39 is 5.60 Å². The van der Waals surface area contributed by atoms with Crippen molar-refractivity contribution in [2.45, 2.75) is 44.6 Å². The van der Waals surface area contributed by atoms with Crippen molar-refractivity contribution in [1.82, 2.24) is 4.98 Å². The molecule has 1 aromatic heterocycles. The topological polar surface area (TPSA) is 36.0 Å². The molecule has 0 atom stereocenters. The summed E-state index contributed by atoms with van der Waals surface area (Å²) in [6.45, 7) is 2.25. The molecule has 0 bridgehead atoms. The van der Waals surface area contributed by atoms with Crippen molar-refractivity contribution in [3.63, 3.8) is 0 Å². The molecule has 96 valence electrons. The fraction of sp³-hybridized carbons (Fsp3) is 0.500. The van der Waals surface area contributed by atoms with Gasteiger partial charge in [0.1, 0.15) is 0 Å². The normalized spacial score (nSPS) is 28.7. The van der Waals surface area contributed by atoms with Crippen LogP contribution in [0.1, 0.15) is 44.6 Å². The highest BCUT2D eigenvalue weighted by Crippen LogP contribution is 2.42. The van der Waals surface area contributed by atoms with Crippen LogP contribution < -0.4 is 0 Å². The van der Waals surface area contributed by atoms with Crippen LogP contribution in [0.5, 0.6) is 0 Å².